The molecule has 1 fully saturated rings. The van der Waals surface area contributed by atoms with Gasteiger partial charge in [0.15, 0.2) is 37.1 Å². The Morgan fingerprint density at radius 2 is 2.18 bits per heavy atom. The third-order valence-corrected chi connectivity index (χ3v) is 3.96. The molecule has 0 radical (unpaired) electrons. The van der Waals surface area contributed by atoms with E-state index in [-0.39, 0.29) is 0 Å². The Bertz CT molecular complexity index is 554. The maximum absolute atomic E-state index is 14.7. The SMILES string of the molecule is C[P+](=O)OC[C@@]1(F)OC(N2C=CC(=O)CC2=O)[C@](C)(F)[C@@H]1O. The normalized spacial score (nSPS) is 39.5. The summed E-state index contributed by atoms with van der Waals surface area (Å²) in [5.74, 6) is -4.22. The molecule has 0 bridgehead atoms. The van der Waals surface area contributed by atoms with Gasteiger partial charge in [-0.2, -0.15) is 0 Å². The van der Waals surface area contributed by atoms with Crippen LogP contribution in [0, 0.1) is 0 Å². The predicted molar refractivity (Wildman–Crippen MR) is 69.3 cm³/mol. The number of ketones is 1. The van der Waals surface area contributed by atoms with Crippen LogP contribution in [0.25, 0.3) is 0 Å². The zero-order valence-corrected chi connectivity index (χ0v) is 12.8. The van der Waals surface area contributed by atoms with E-state index in [0.29, 0.717) is 0 Å². The molecule has 2 aliphatic rings. The monoisotopic (exact) mass is 338 g/mol. The third-order valence-electron chi connectivity index (χ3n) is 3.46. The van der Waals surface area contributed by atoms with Crippen LogP contribution < -0.4 is 0 Å². The lowest BCUT2D eigenvalue weighted by Gasteiger charge is -2.32. The predicted octanol–water partition coefficient (Wildman–Crippen LogP) is 0.801. The minimum Gasteiger partial charge on any atom is -0.383 e. The number of aliphatic hydroxyl groups is 1. The minimum atomic E-state index is -2.97. The van der Waals surface area contributed by atoms with Gasteiger partial charge in [-0.15, -0.1) is 4.52 Å². The van der Waals surface area contributed by atoms with E-state index < -0.39 is 56.6 Å². The van der Waals surface area contributed by atoms with Crippen molar-refractivity contribution in [3.8, 4) is 0 Å². The molecule has 2 heterocycles. The molecule has 0 aromatic carbocycles. The summed E-state index contributed by atoms with van der Waals surface area (Å²) in [5.41, 5.74) is -2.65. The van der Waals surface area contributed by atoms with Gasteiger partial charge in [0.05, 0.1) is 6.42 Å². The van der Waals surface area contributed by atoms with Gasteiger partial charge >= 0.3 is 8.03 Å². The van der Waals surface area contributed by atoms with Crippen molar-refractivity contribution < 1.29 is 37.3 Å². The first-order chi connectivity index (χ1) is 10.1. The van der Waals surface area contributed by atoms with Crippen LogP contribution in [0.3, 0.4) is 0 Å². The van der Waals surface area contributed by atoms with Crippen molar-refractivity contribution >= 4 is 19.7 Å². The molecule has 1 N–H and O–H groups in total. The molecule has 0 saturated carbocycles. The number of halogens is 2. The molecule has 0 aromatic heterocycles. The van der Waals surface area contributed by atoms with Gasteiger partial charge in [-0.1, -0.05) is 0 Å². The Balaban J connectivity index is 2.26. The fourth-order valence-corrected chi connectivity index (χ4v) is 2.65. The van der Waals surface area contributed by atoms with E-state index in [0.717, 1.165) is 30.8 Å². The third kappa shape index (κ3) is 2.94. The molecule has 2 unspecified atom stereocenters. The van der Waals surface area contributed by atoms with Crippen molar-refractivity contribution in [3.63, 3.8) is 0 Å². The van der Waals surface area contributed by atoms with Gasteiger partial charge in [0.1, 0.15) is 0 Å². The quantitative estimate of drug-likeness (QED) is 0.602. The molecular weight excluding hydrogens is 323 g/mol. The highest BCUT2D eigenvalue weighted by molar-refractivity contribution is 7.38. The summed E-state index contributed by atoms with van der Waals surface area (Å²) in [5, 5.41) is 9.85. The summed E-state index contributed by atoms with van der Waals surface area (Å²) >= 11 is 0. The van der Waals surface area contributed by atoms with E-state index in [1.807, 2.05) is 0 Å². The van der Waals surface area contributed by atoms with E-state index in [2.05, 4.69) is 4.52 Å². The zero-order valence-electron chi connectivity index (χ0n) is 11.9. The van der Waals surface area contributed by atoms with Crippen LogP contribution in [0.4, 0.5) is 8.78 Å². The van der Waals surface area contributed by atoms with Crippen molar-refractivity contribution in [2.24, 2.45) is 0 Å². The second kappa shape index (κ2) is 5.73. The highest BCUT2D eigenvalue weighted by Crippen LogP contribution is 2.45. The summed E-state index contributed by atoms with van der Waals surface area (Å²) in [6.45, 7) is 1.07. The van der Waals surface area contributed by atoms with Gasteiger partial charge in [0.2, 0.25) is 5.91 Å². The Morgan fingerprint density at radius 1 is 1.55 bits per heavy atom. The van der Waals surface area contributed by atoms with Gasteiger partial charge < -0.3 is 9.84 Å². The van der Waals surface area contributed by atoms with Crippen molar-refractivity contribution in [1.82, 2.24) is 4.90 Å². The van der Waals surface area contributed by atoms with Crippen LogP contribution in [-0.4, -0.2) is 58.8 Å². The second-order valence-electron chi connectivity index (χ2n) is 5.28. The van der Waals surface area contributed by atoms with Crippen molar-refractivity contribution in [3.05, 3.63) is 12.3 Å². The Hall–Kier alpha value is -1.28. The number of carbonyl (C=O) groups is 2. The maximum atomic E-state index is 14.7. The summed E-state index contributed by atoms with van der Waals surface area (Å²) in [6.07, 6.45) is -2.53. The second-order valence-corrected chi connectivity index (χ2v) is 6.42. The molecule has 7 nitrogen and oxygen atoms in total. The highest BCUT2D eigenvalue weighted by Gasteiger charge is 2.66. The Kier molecular flexibility index (Phi) is 4.45. The molecule has 0 aromatic rings. The Labute approximate surface area is 125 Å². The van der Waals surface area contributed by atoms with Gasteiger partial charge in [-0.3, -0.25) is 14.5 Å². The first kappa shape index (κ1) is 17.1. The topological polar surface area (TPSA) is 93.1 Å². The average Bonchev–Trinajstić information content (AvgIpc) is 2.58. The number of aliphatic hydroxyl groups excluding tert-OH is 1. The molecule has 2 rings (SSSR count). The summed E-state index contributed by atoms with van der Waals surface area (Å²) in [4.78, 5) is 23.6. The van der Waals surface area contributed by atoms with Crippen LogP contribution >= 0.6 is 8.03 Å². The number of ether oxygens (including phenoxy) is 1. The van der Waals surface area contributed by atoms with E-state index in [1.165, 1.54) is 0 Å². The standard InChI is InChI=1S/C12H15F2NO6P/c1-11(13)9(18)12(14,6-20-22(2)19)21-10(11)15-4-3-7(16)5-8(15)17/h3-4,9-10,18H,5-6H2,1-2H3/q+1/t9-,10?,11+,12+/m0/s1. The number of allylic oxidation sites excluding steroid dienone is 1. The van der Waals surface area contributed by atoms with Gasteiger partial charge in [0.25, 0.3) is 5.85 Å². The molecule has 122 valence electrons. The fourth-order valence-electron chi connectivity index (χ4n) is 2.30. The smallest absolute Gasteiger partial charge is 0.383 e. The van der Waals surface area contributed by atoms with Gasteiger partial charge in [0, 0.05) is 6.20 Å². The number of carbonyl (C=O) groups excluding carboxylic acids is 2. The summed E-state index contributed by atoms with van der Waals surface area (Å²) in [6, 6.07) is 0. The van der Waals surface area contributed by atoms with E-state index >= 15 is 0 Å². The average molecular weight is 338 g/mol. The molecule has 2 aliphatic heterocycles. The lowest BCUT2D eigenvalue weighted by Crippen LogP contribution is -2.52. The zero-order chi connectivity index (χ0) is 16.7. The molecular formula is C12H15F2NO6P+. The largest absolute Gasteiger partial charge is 0.505 e. The number of alkyl halides is 2. The van der Waals surface area contributed by atoms with Crippen molar-refractivity contribution in [2.45, 2.75) is 37.2 Å². The fraction of sp³-hybridized carbons (Fsp3) is 0.667. The molecule has 1 amide bonds. The molecule has 22 heavy (non-hydrogen) atoms. The minimum absolute atomic E-state index is 0.474. The van der Waals surface area contributed by atoms with Crippen LogP contribution in [-0.2, 0) is 23.4 Å². The van der Waals surface area contributed by atoms with E-state index in [4.69, 9.17) is 4.74 Å². The van der Waals surface area contributed by atoms with Crippen molar-refractivity contribution in [1.29, 1.82) is 0 Å². The molecule has 10 heteroatoms. The van der Waals surface area contributed by atoms with E-state index in [1.54, 1.807) is 0 Å². The number of hydrogen-bond acceptors (Lipinski definition) is 6. The molecule has 1 saturated heterocycles. The maximum Gasteiger partial charge on any atom is 0.505 e. The summed E-state index contributed by atoms with van der Waals surface area (Å²) in [7, 11) is -2.18. The van der Waals surface area contributed by atoms with Gasteiger partial charge in [-0.25, -0.2) is 8.78 Å². The number of hydrogen-bond donors (Lipinski definition) is 1. The lowest BCUT2D eigenvalue weighted by molar-refractivity contribution is -0.208. The van der Waals surface area contributed by atoms with Crippen LogP contribution in [0.1, 0.15) is 13.3 Å². The molecule has 0 spiro atoms. The summed E-state index contributed by atoms with van der Waals surface area (Å²) < 4.78 is 49.6. The van der Waals surface area contributed by atoms with Crippen LogP contribution in [0.15, 0.2) is 12.3 Å². The Morgan fingerprint density at radius 3 is 2.73 bits per heavy atom. The first-order valence-corrected chi connectivity index (χ1v) is 8.00. The lowest BCUT2D eigenvalue weighted by atomic mass is 9.96. The van der Waals surface area contributed by atoms with Crippen molar-refractivity contribution in [2.75, 3.05) is 13.3 Å². The van der Waals surface area contributed by atoms with E-state index in [9.17, 15) is 28.0 Å². The van der Waals surface area contributed by atoms with Gasteiger partial charge in [-0.05, 0) is 17.6 Å². The number of amides is 1. The molecule has 5 atom stereocenters. The first-order valence-electron chi connectivity index (χ1n) is 6.37. The number of nitrogens with zero attached hydrogens (tertiary/aromatic N) is 1. The van der Waals surface area contributed by atoms with Crippen LogP contribution in [0.5, 0.6) is 0 Å². The highest BCUT2D eigenvalue weighted by atomic mass is 31.1. The van der Waals surface area contributed by atoms with Crippen LogP contribution in [0.2, 0.25) is 0 Å². The molecule has 0 aliphatic carbocycles. The number of rotatable bonds is 4.